The van der Waals surface area contributed by atoms with Crippen LogP contribution < -0.4 is 11.1 Å². The van der Waals surface area contributed by atoms with Crippen molar-refractivity contribution in [2.45, 2.75) is 37.8 Å². The second kappa shape index (κ2) is 5.09. The topological polar surface area (TPSA) is 67.3 Å². The lowest BCUT2D eigenvalue weighted by atomic mass is 9.93. The standard InChI is InChI=1S/C14H18N2O3/c1-18-11-5-2-9(3-6-11)15-10-4-7-13-12(8-10)16-14(17)19-13/h4,7-9,11,15H,2-3,5-6H2,1H3,(H,16,17). The van der Waals surface area contributed by atoms with Crippen LogP contribution in [0.15, 0.2) is 27.4 Å². The highest BCUT2D eigenvalue weighted by Gasteiger charge is 2.20. The molecule has 2 aromatic rings. The van der Waals surface area contributed by atoms with Crippen molar-refractivity contribution < 1.29 is 9.15 Å². The summed E-state index contributed by atoms with van der Waals surface area (Å²) in [6, 6.07) is 6.16. The van der Waals surface area contributed by atoms with Gasteiger partial charge >= 0.3 is 5.76 Å². The first-order chi connectivity index (χ1) is 9.24. The second-order valence-corrected chi connectivity index (χ2v) is 5.08. The molecule has 0 amide bonds. The number of fused-ring (bicyclic) bond motifs is 1. The third-order valence-corrected chi connectivity index (χ3v) is 3.80. The van der Waals surface area contributed by atoms with Crippen molar-refractivity contribution >= 4 is 16.8 Å². The van der Waals surface area contributed by atoms with Gasteiger partial charge in [-0.3, -0.25) is 4.98 Å². The lowest BCUT2D eigenvalue weighted by Gasteiger charge is -2.28. The summed E-state index contributed by atoms with van der Waals surface area (Å²) in [7, 11) is 1.78. The molecular formula is C14H18N2O3. The predicted octanol–water partition coefficient (Wildman–Crippen LogP) is 2.49. The van der Waals surface area contributed by atoms with E-state index in [1.807, 2.05) is 18.2 Å². The number of oxazole rings is 1. The number of ether oxygens (including phenoxy) is 1. The summed E-state index contributed by atoms with van der Waals surface area (Å²) in [5.41, 5.74) is 2.35. The highest BCUT2D eigenvalue weighted by Crippen LogP contribution is 2.25. The molecule has 1 aliphatic carbocycles. The third-order valence-electron chi connectivity index (χ3n) is 3.80. The van der Waals surface area contributed by atoms with Gasteiger partial charge in [0.25, 0.3) is 0 Å². The quantitative estimate of drug-likeness (QED) is 0.891. The van der Waals surface area contributed by atoms with Crippen LogP contribution in [-0.2, 0) is 4.74 Å². The molecule has 102 valence electrons. The van der Waals surface area contributed by atoms with E-state index < -0.39 is 5.76 Å². The number of hydrogen-bond donors (Lipinski definition) is 2. The van der Waals surface area contributed by atoms with Crippen molar-refractivity contribution in [2.75, 3.05) is 12.4 Å². The van der Waals surface area contributed by atoms with Crippen molar-refractivity contribution in [3.05, 3.63) is 28.7 Å². The number of nitrogens with one attached hydrogen (secondary N) is 2. The number of H-pyrrole nitrogens is 1. The van der Waals surface area contributed by atoms with Gasteiger partial charge in [0, 0.05) is 18.8 Å². The van der Waals surface area contributed by atoms with E-state index in [0.29, 0.717) is 17.7 Å². The zero-order valence-electron chi connectivity index (χ0n) is 10.9. The van der Waals surface area contributed by atoms with E-state index in [9.17, 15) is 4.79 Å². The van der Waals surface area contributed by atoms with Gasteiger partial charge in [-0.1, -0.05) is 0 Å². The van der Waals surface area contributed by atoms with Crippen molar-refractivity contribution in [2.24, 2.45) is 0 Å². The van der Waals surface area contributed by atoms with Gasteiger partial charge in [-0.25, -0.2) is 4.79 Å². The Morgan fingerprint density at radius 3 is 2.84 bits per heavy atom. The van der Waals surface area contributed by atoms with Gasteiger partial charge in [-0.15, -0.1) is 0 Å². The van der Waals surface area contributed by atoms with Crippen LogP contribution in [0.2, 0.25) is 0 Å². The Balaban J connectivity index is 1.69. The molecule has 0 atom stereocenters. The number of aromatic amines is 1. The number of hydrogen-bond acceptors (Lipinski definition) is 4. The number of rotatable bonds is 3. The minimum Gasteiger partial charge on any atom is -0.408 e. The van der Waals surface area contributed by atoms with Crippen molar-refractivity contribution in [1.29, 1.82) is 0 Å². The first kappa shape index (κ1) is 12.3. The molecule has 1 aromatic heterocycles. The Hall–Kier alpha value is -1.75. The van der Waals surface area contributed by atoms with E-state index >= 15 is 0 Å². The SMILES string of the molecule is COC1CCC(Nc2ccc3oc(=O)[nH]c3c2)CC1. The molecule has 2 N–H and O–H groups in total. The molecule has 1 aliphatic rings. The minimum atomic E-state index is -0.409. The molecule has 0 spiro atoms. The fraction of sp³-hybridized carbons (Fsp3) is 0.500. The molecule has 1 saturated carbocycles. The molecular weight excluding hydrogens is 244 g/mol. The maximum Gasteiger partial charge on any atom is 0.417 e. The second-order valence-electron chi connectivity index (χ2n) is 5.08. The molecule has 1 heterocycles. The van der Waals surface area contributed by atoms with Gasteiger partial charge in [0.15, 0.2) is 5.58 Å². The smallest absolute Gasteiger partial charge is 0.408 e. The van der Waals surface area contributed by atoms with Crippen molar-refractivity contribution in [1.82, 2.24) is 4.98 Å². The van der Waals surface area contributed by atoms with Crippen LogP contribution in [0.4, 0.5) is 5.69 Å². The highest BCUT2D eigenvalue weighted by atomic mass is 16.5. The number of anilines is 1. The largest absolute Gasteiger partial charge is 0.417 e. The first-order valence-corrected chi connectivity index (χ1v) is 6.67. The lowest BCUT2D eigenvalue weighted by molar-refractivity contribution is 0.0682. The van der Waals surface area contributed by atoms with Gasteiger partial charge < -0.3 is 14.5 Å². The molecule has 0 saturated heterocycles. The van der Waals surface area contributed by atoms with E-state index in [0.717, 1.165) is 36.9 Å². The molecule has 0 radical (unpaired) electrons. The number of aromatic nitrogens is 1. The van der Waals surface area contributed by atoms with Crippen LogP contribution in [0.25, 0.3) is 11.1 Å². The van der Waals surface area contributed by atoms with Gasteiger partial charge in [0.05, 0.1) is 11.6 Å². The fourth-order valence-corrected chi connectivity index (χ4v) is 2.72. The van der Waals surface area contributed by atoms with E-state index in [-0.39, 0.29) is 0 Å². The lowest BCUT2D eigenvalue weighted by Crippen LogP contribution is -2.29. The van der Waals surface area contributed by atoms with Crippen molar-refractivity contribution in [3.63, 3.8) is 0 Å². The summed E-state index contributed by atoms with van der Waals surface area (Å²) in [6.45, 7) is 0. The summed E-state index contributed by atoms with van der Waals surface area (Å²) < 4.78 is 10.4. The molecule has 1 aromatic carbocycles. The monoisotopic (exact) mass is 262 g/mol. The zero-order valence-corrected chi connectivity index (χ0v) is 10.9. The molecule has 0 unspecified atom stereocenters. The van der Waals surface area contributed by atoms with Crippen molar-refractivity contribution in [3.8, 4) is 0 Å². The van der Waals surface area contributed by atoms with Gasteiger partial charge in [-0.2, -0.15) is 0 Å². The number of benzene rings is 1. The van der Waals surface area contributed by atoms with Gasteiger partial charge in [0.1, 0.15) is 0 Å². The summed E-state index contributed by atoms with van der Waals surface area (Å²) in [6.07, 6.45) is 4.82. The Kier molecular flexibility index (Phi) is 3.29. The van der Waals surface area contributed by atoms with Crippen LogP contribution >= 0.6 is 0 Å². The van der Waals surface area contributed by atoms with Crippen LogP contribution in [0.1, 0.15) is 25.7 Å². The molecule has 5 nitrogen and oxygen atoms in total. The Bertz CT molecular complexity index is 608. The number of methoxy groups -OCH3 is 1. The summed E-state index contributed by atoms with van der Waals surface area (Å²) in [5.74, 6) is -0.409. The predicted molar refractivity (Wildman–Crippen MR) is 73.5 cm³/mol. The maximum absolute atomic E-state index is 11.1. The molecule has 1 fully saturated rings. The highest BCUT2D eigenvalue weighted by molar-refractivity contribution is 5.76. The molecule has 19 heavy (non-hydrogen) atoms. The Morgan fingerprint density at radius 2 is 2.11 bits per heavy atom. The summed E-state index contributed by atoms with van der Waals surface area (Å²) in [4.78, 5) is 13.8. The van der Waals surface area contributed by atoms with E-state index in [1.54, 1.807) is 7.11 Å². The maximum atomic E-state index is 11.1. The van der Waals surface area contributed by atoms with Crippen LogP contribution in [0.3, 0.4) is 0 Å². The Morgan fingerprint density at radius 1 is 1.32 bits per heavy atom. The van der Waals surface area contributed by atoms with Crippen LogP contribution in [-0.4, -0.2) is 24.2 Å². The normalized spacial score (nSPS) is 23.6. The molecule has 5 heteroatoms. The zero-order chi connectivity index (χ0) is 13.2. The van der Waals surface area contributed by atoms with Crippen LogP contribution in [0, 0.1) is 0 Å². The summed E-state index contributed by atoms with van der Waals surface area (Å²) >= 11 is 0. The first-order valence-electron chi connectivity index (χ1n) is 6.67. The van der Waals surface area contributed by atoms with Crippen LogP contribution in [0.5, 0.6) is 0 Å². The Labute approximate surface area is 111 Å². The van der Waals surface area contributed by atoms with E-state index in [4.69, 9.17) is 9.15 Å². The average Bonchev–Trinajstić information content (AvgIpc) is 2.79. The van der Waals surface area contributed by atoms with E-state index in [1.165, 1.54) is 0 Å². The molecule has 3 rings (SSSR count). The molecule has 0 aliphatic heterocycles. The average molecular weight is 262 g/mol. The van der Waals surface area contributed by atoms with E-state index in [2.05, 4.69) is 10.3 Å². The third kappa shape index (κ3) is 2.66. The van der Waals surface area contributed by atoms with Gasteiger partial charge in [0.2, 0.25) is 0 Å². The fourth-order valence-electron chi connectivity index (χ4n) is 2.72. The summed E-state index contributed by atoms with van der Waals surface area (Å²) in [5, 5.41) is 3.51. The minimum absolute atomic E-state index is 0.408. The molecule has 0 bridgehead atoms. The van der Waals surface area contributed by atoms with Gasteiger partial charge in [-0.05, 0) is 43.9 Å².